The number of hydrogen-bond acceptors (Lipinski definition) is 3. The van der Waals surface area contributed by atoms with Crippen molar-refractivity contribution < 1.29 is 18.9 Å². The molecule has 6 heteroatoms. The first-order valence-electron chi connectivity index (χ1n) is 10.5. The van der Waals surface area contributed by atoms with Gasteiger partial charge in [0.25, 0.3) is 0 Å². The maximum absolute atomic E-state index is 10.5. The fourth-order valence-corrected chi connectivity index (χ4v) is 3.45. The van der Waals surface area contributed by atoms with Crippen LogP contribution >= 0.6 is 7.82 Å². The van der Waals surface area contributed by atoms with E-state index in [1.807, 2.05) is 0 Å². The molecule has 0 aromatic carbocycles. The second kappa shape index (κ2) is 18.8. The van der Waals surface area contributed by atoms with E-state index >= 15 is 0 Å². The zero-order valence-electron chi connectivity index (χ0n) is 16.2. The Bertz CT molecular complexity index is 310. The summed E-state index contributed by atoms with van der Waals surface area (Å²) in [6, 6.07) is 0. The van der Waals surface area contributed by atoms with Crippen LogP contribution in [0.1, 0.15) is 109 Å². The van der Waals surface area contributed by atoms with Crippen molar-refractivity contribution in [3.05, 3.63) is 0 Å². The lowest BCUT2D eigenvalue weighted by Gasteiger charge is -2.05. The van der Waals surface area contributed by atoms with Gasteiger partial charge in [-0.15, -0.1) is 0 Å². The molecule has 0 aliphatic rings. The molecule has 0 aliphatic heterocycles. The zero-order valence-corrected chi connectivity index (χ0v) is 17.1. The van der Waals surface area contributed by atoms with Crippen LogP contribution in [0, 0.1) is 0 Å². The molecular weight excluding hydrogens is 337 g/mol. The van der Waals surface area contributed by atoms with E-state index in [2.05, 4.69) is 4.52 Å². The normalized spacial score (nSPS) is 12.0. The molecule has 0 aliphatic carbocycles. The van der Waals surface area contributed by atoms with Crippen molar-refractivity contribution in [3.63, 3.8) is 0 Å². The van der Waals surface area contributed by atoms with Crippen LogP contribution in [0.25, 0.3) is 0 Å². The molecule has 0 atom stereocenters. The summed E-state index contributed by atoms with van der Waals surface area (Å²) in [7, 11) is -4.26. The van der Waals surface area contributed by atoms with E-state index in [1.54, 1.807) is 0 Å². The number of rotatable bonds is 20. The van der Waals surface area contributed by atoms with E-state index in [1.165, 1.54) is 89.9 Å². The molecule has 0 heterocycles. The summed E-state index contributed by atoms with van der Waals surface area (Å²) in [6.07, 6.45) is 21.6. The second-order valence-corrected chi connectivity index (χ2v) is 8.36. The van der Waals surface area contributed by atoms with E-state index in [9.17, 15) is 4.57 Å². The molecule has 0 saturated heterocycles. The molecule has 0 spiro atoms. The predicted molar refractivity (Wildman–Crippen MR) is 106 cm³/mol. The Hall–Kier alpha value is 0.0700. The van der Waals surface area contributed by atoms with Gasteiger partial charge < -0.3 is 15.5 Å². The third-order valence-corrected chi connectivity index (χ3v) is 5.13. The molecule has 0 aromatic heterocycles. The lowest BCUT2D eigenvalue weighted by Crippen LogP contribution is -1.97. The van der Waals surface area contributed by atoms with Gasteiger partial charge in [-0.3, -0.25) is 4.52 Å². The van der Waals surface area contributed by atoms with Crippen LogP contribution < -0.4 is 5.73 Å². The van der Waals surface area contributed by atoms with Crippen LogP contribution in [0.4, 0.5) is 0 Å². The van der Waals surface area contributed by atoms with Crippen LogP contribution in [-0.2, 0) is 9.09 Å². The van der Waals surface area contributed by atoms with Crippen molar-refractivity contribution in [1.82, 2.24) is 0 Å². The molecule has 4 N–H and O–H groups in total. The van der Waals surface area contributed by atoms with Crippen molar-refractivity contribution in [2.45, 2.75) is 109 Å². The average Bonchev–Trinajstić information content (AvgIpc) is 2.56. The fourth-order valence-electron chi connectivity index (χ4n) is 3.08. The molecule has 0 radical (unpaired) electrons. The molecular formula is C19H42NO4P. The molecule has 25 heavy (non-hydrogen) atoms. The largest absolute Gasteiger partial charge is 0.469 e. The van der Waals surface area contributed by atoms with Gasteiger partial charge in [0, 0.05) is 0 Å². The molecule has 0 aromatic rings. The zero-order chi connectivity index (χ0) is 18.6. The minimum Gasteiger partial charge on any atom is -0.330 e. The molecule has 0 fully saturated rings. The molecule has 0 bridgehead atoms. The van der Waals surface area contributed by atoms with Gasteiger partial charge in [0.05, 0.1) is 6.61 Å². The van der Waals surface area contributed by atoms with Gasteiger partial charge >= 0.3 is 7.82 Å². The molecule has 5 nitrogen and oxygen atoms in total. The number of unbranched alkanes of at least 4 members (excludes halogenated alkanes) is 16. The molecule has 0 saturated carbocycles. The molecule has 0 rings (SSSR count). The lowest BCUT2D eigenvalue weighted by atomic mass is 10.0. The van der Waals surface area contributed by atoms with Crippen LogP contribution in [0.5, 0.6) is 0 Å². The Labute approximate surface area is 155 Å². The topological polar surface area (TPSA) is 92.8 Å². The van der Waals surface area contributed by atoms with Crippen LogP contribution in [0.3, 0.4) is 0 Å². The van der Waals surface area contributed by atoms with E-state index in [0.717, 1.165) is 25.8 Å². The first-order valence-corrected chi connectivity index (χ1v) is 12.0. The van der Waals surface area contributed by atoms with E-state index in [0.29, 0.717) is 0 Å². The number of nitrogens with two attached hydrogens (primary N) is 1. The van der Waals surface area contributed by atoms with Crippen molar-refractivity contribution >= 4 is 7.82 Å². The SMILES string of the molecule is NCCCCCCCCCCCCCCCCCCCOP(=O)(O)O. The van der Waals surface area contributed by atoms with Gasteiger partial charge in [0.1, 0.15) is 0 Å². The van der Waals surface area contributed by atoms with Gasteiger partial charge in [0.2, 0.25) is 0 Å². The summed E-state index contributed by atoms with van der Waals surface area (Å²) in [6.45, 7) is 1.01. The van der Waals surface area contributed by atoms with Crippen LogP contribution in [0.15, 0.2) is 0 Å². The Morgan fingerprint density at radius 1 is 0.560 bits per heavy atom. The highest BCUT2D eigenvalue weighted by Crippen LogP contribution is 2.35. The smallest absolute Gasteiger partial charge is 0.330 e. The van der Waals surface area contributed by atoms with Gasteiger partial charge in [-0.2, -0.15) is 0 Å². The summed E-state index contributed by atoms with van der Waals surface area (Å²) >= 11 is 0. The quantitative estimate of drug-likeness (QED) is 0.187. The van der Waals surface area contributed by atoms with Gasteiger partial charge in [0.15, 0.2) is 0 Å². The minimum atomic E-state index is -4.26. The van der Waals surface area contributed by atoms with E-state index in [4.69, 9.17) is 15.5 Å². The third kappa shape index (κ3) is 24.1. The number of phosphoric ester groups is 1. The van der Waals surface area contributed by atoms with Crippen LogP contribution in [0.2, 0.25) is 0 Å². The van der Waals surface area contributed by atoms with Crippen LogP contribution in [-0.4, -0.2) is 22.9 Å². The van der Waals surface area contributed by atoms with E-state index in [-0.39, 0.29) is 6.61 Å². The highest BCUT2D eigenvalue weighted by atomic mass is 31.2. The fraction of sp³-hybridized carbons (Fsp3) is 1.00. The maximum Gasteiger partial charge on any atom is 0.469 e. The number of hydrogen-bond donors (Lipinski definition) is 3. The van der Waals surface area contributed by atoms with Crippen molar-refractivity contribution in [1.29, 1.82) is 0 Å². The number of phosphoric acid groups is 1. The first kappa shape index (κ1) is 25.1. The Morgan fingerprint density at radius 2 is 0.840 bits per heavy atom. The predicted octanol–water partition coefficient (Wildman–Crippen LogP) is 5.69. The van der Waals surface area contributed by atoms with Crippen molar-refractivity contribution in [2.24, 2.45) is 5.73 Å². The highest BCUT2D eigenvalue weighted by Gasteiger charge is 2.12. The summed E-state index contributed by atoms with van der Waals surface area (Å²) in [5.41, 5.74) is 5.48. The first-order chi connectivity index (χ1) is 12.1. The van der Waals surface area contributed by atoms with Crippen molar-refractivity contribution in [3.8, 4) is 0 Å². The Kier molecular flexibility index (Phi) is 18.9. The standard InChI is InChI=1S/C19H42NO4P/c20-18-16-14-12-10-8-6-4-2-1-3-5-7-9-11-13-15-17-19-24-25(21,22)23/h1-20H2,(H2,21,22,23). The molecule has 0 amide bonds. The minimum absolute atomic E-state index is 0.165. The maximum atomic E-state index is 10.5. The average molecular weight is 380 g/mol. The van der Waals surface area contributed by atoms with E-state index < -0.39 is 7.82 Å². The highest BCUT2D eigenvalue weighted by molar-refractivity contribution is 7.46. The van der Waals surface area contributed by atoms with Gasteiger partial charge in [-0.05, 0) is 19.4 Å². The molecule has 152 valence electrons. The molecule has 0 unspecified atom stereocenters. The Morgan fingerprint density at radius 3 is 1.12 bits per heavy atom. The second-order valence-electron chi connectivity index (χ2n) is 7.12. The Balaban J connectivity index is 3.02. The summed E-state index contributed by atoms with van der Waals surface area (Å²) in [4.78, 5) is 17.1. The van der Waals surface area contributed by atoms with Gasteiger partial charge in [-0.1, -0.05) is 96.3 Å². The summed E-state index contributed by atoms with van der Waals surface area (Å²) in [5, 5.41) is 0. The third-order valence-electron chi connectivity index (χ3n) is 4.61. The monoisotopic (exact) mass is 379 g/mol. The van der Waals surface area contributed by atoms with Crippen molar-refractivity contribution in [2.75, 3.05) is 13.2 Å². The summed E-state index contributed by atoms with van der Waals surface area (Å²) in [5.74, 6) is 0. The lowest BCUT2D eigenvalue weighted by molar-refractivity contribution is 0.193. The summed E-state index contributed by atoms with van der Waals surface area (Å²) < 4.78 is 14.9. The van der Waals surface area contributed by atoms with Gasteiger partial charge in [-0.25, -0.2) is 4.57 Å².